The third-order valence-corrected chi connectivity index (χ3v) is 9.32. The van der Waals surface area contributed by atoms with E-state index in [1.807, 2.05) is 12.3 Å². The van der Waals surface area contributed by atoms with Crippen molar-refractivity contribution in [1.82, 2.24) is 24.8 Å². The summed E-state index contributed by atoms with van der Waals surface area (Å²) in [6, 6.07) is 2.68. The first kappa shape index (κ1) is 25.0. The third kappa shape index (κ3) is 5.32. The number of anilines is 1. The van der Waals surface area contributed by atoms with Crippen LogP contribution in [0.1, 0.15) is 62.3 Å². The standard InChI is InChI=1S/C28H38N6O2S/c1-35-28-23(29)15-20(16-30-28)24-26-25(32-27(31-24)19-7-13-36-14-8-19)21(18-37-26)17-33-11-5-22(6-12-33)34-9-3-2-4-10-34/h15-16,18-19,22H,2-14,17,29H2,1H3. The number of pyridine rings is 1. The first-order valence-corrected chi connectivity index (χ1v) is 14.7. The smallest absolute Gasteiger partial charge is 0.236 e. The van der Waals surface area contributed by atoms with Gasteiger partial charge in [0.15, 0.2) is 0 Å². The first-order valence-electron chi connectivity index (χ1n) is 13.8. The lowest BCUT2D eigenvalue weighted by Gasteiger charge is -2.40. The Balaban J connectivity index is 1.28. The van der Waals surface area contributed by atoms with Crippen LogP contribution in [0, 0.1) is 0 Å². The Morgan fingerprint density at radius 2 is 1.84 bits per heavy atom. The monoisotopic (exact) mass is 522 g/mol. The molecule has 2 N–H and O–H groups in total. The highest BCUT2D eigenvalue weighted by molar-refractivity contribution is 7.17. The van der Waals surface area contributed by atoms with Gasteiger partial charge in [0, 0.05) is 49.0 Å². The van der Waals surface area contributed by atoms with Gasteiger partial charge in [0.1, 0.15) is 5.82 Å². The highest BCUT2D eigenvalue weighted by Gasteiger charge is 2.27. The molecule has 0 aliphatic carbocycles. The third-order valence-electron chi connectivity index (χ3n) is 8.30. The van der Waals surface area contributed by atoms with E-state index >= 15 is 0 Å². The van der Waals surface area contributed by atoms with Crippen molar-refractivity contribution < 1.29 is 9.47 Å². The van der Waals surface area contributed by atoms with Gasteiger partial charge >= 0.3 is 0 Å². The van der Waals surface area contributed by atoms with Crippen molar-refractivity contribution in [3.8, 4) is 17.1 Å². The molecule has 3 saturated heterocycles. The lowest BCUT2D eigenvalue weighted by molar-refractivity contribution is 0.0836. The van der Waals surface area contributed by atoms with Gasteiger partial charge in [0.05, 0.1) is 28.7 Å². The van der Waals surface area contributed by atoms with E-state index in [4.69, 9.17) is 25.2 Å². The minimum Gasteiger partial charge on any atom is -0.480 e. The van der Waals surface area contributed by atoms with Crippen molar-refractivity contribution in [3.05, 3.63) is 29.0 Å². The number of hydrogen-bond acceptors (Lipinski definition) is 9. The zero-order valence-electron chi connectivity index (χ0n) is 21.8. The van der Waals surface area contributed by atoms with Crippen LogP contribution in [-0.2, 0) is 11.3 Å². The molecule has 8 nitrogen and oxygen atoms in total. The Bertz CT molecular complexity index is 1210. The van der Waals surface area contributed by atoms with Crippen LogP contribution in [0.3, 0.4) is 0 Å². The van der Waals surface area contributed by atoms with Gasteiger partial charge in [-0.3, -0.25) is 4.90 Å². The number of nitrogens with two attached hydrogens (primary N) is 1. The average Bonchev–Trinajstić information content (AvgIpc) is 3.36. The molecular weight excluding hydrogens is 484 g/mol. The molecule has 3 aliphatic rings. The predicted molar refractivity (Wildman–Crippen MR) is 148 cm³/mol. The first-order chi connectivity index (χ1) is 18.2. The molecule has 0 aromatic carbocycles. The van der Waals surface area contributed by atoms with Crippen LogP contribution < -0.4 is 10.5 Å². The molecule has 3 aliphatic heterocycles. The molecule has 0 atom stereocenters. The van der Waals surface area contributed by atoms with Crippen LogP contribution in [0.2, 0.25) is 0 Å². The van der Waals surface area contributed by atoms with E-state index in [1.165, 1.54) is 50.8 Å². The molecule has 3 fully saturated rings. The van der Waals surface area contributed by atoms with Crippen LogP contribution in [0.5, 0.6) is 5.88 Å². The maximum Gasteiger partial charge on any atom is 0.236 e. The van der Waals surface area contributed by atoms with Crippen LogP contribution in [0.15, 0.2) is 17.6 Å². The largest absolute Gasteiger partial charge is 0.480 e. The fourth-order valence-electron chi connectivity index (χ4n) is 6.17. The summed E-state index contributed by atoms with van der Waals surface area (Å²) in [5.74, 6) is 1.68. The molecule has 0 bridgehead atoms. The number of thiophene rings is 1. The highest BCUT2D eigenvalue weighted by atomic mass is 32.1. The number of likely N-dealkylation sites (tertiary alicyclic amines) is 2. The molecule has 0 spiro atoms. The minimum absolute atomic E-state index is 0.313. The normalized spacial score (nSPS) is 21.0. The Kier molecular flexibility index (Phi) is 7.55. The SMILES string of the molecule is COc1ncc(-c2nc(C3CCOCC3)nc3c(CN4CCC(N5CCCCC5)CC4)csc23)cc1N. The van der Waals surface area contributed by atoms with Gasteiger partial charge in [-0.1, -0.05) is 6.42 Å². The van der Waals surface area contributed by atoms with Crippen LogP contribution >= 0.6 is 11.3 Å². The van der Waals surface area contributed by atoms with Crippen molar-refractivity contribution in [2.45, 2.75) is 63.5 Å². The van der Waals surface area contributed by atoms with Crippen LogP contribution in [0.25, 0.3) is 21.5 Å². The molecule has 3 aromatic heterocycles. The molecule has 0 unspecified atom stereocenters. The molecule has 3 aromatic rings. The van der Waals surface area contributed by atoms with Crippen molar-refractivity contribution in [2.24, 2.45) is 0 Å². The average molecular weight is 523 g/mol. The molecule has 0 saturated carbocycles. The lowest BCUT2D eigenvalue weighted by atomic mass is 9.98. The maximum absolute atomic E-state index is 6.23. The second-order valence-electron chi connectivity index (χ2n) is 10.7. The van der Waals surface area contributed by atoms with Gasteiger partial charge < -0.3 is 20.1 Å². The lowest BCUT2D eigenvalue weighted by Crippen LogP contribution is -2.46. The fourth-order valence-corrected chi connectivity index (χ4v) is 7.18. The molecular formula is C28H38N6O2S. The summed E-state index contributed by atoms with van der Waals surface area (Å²) < 4.78 is 12.0. The number of methoxy groups -OCH3 is 1. The molecule has 6 heterocycles. The number of rotatable bonds is 6. The van der Waals surface area contributed by atoms with Crippen LogP contribution in [-0.4, -0.2) is 77.3 Å². The van der Waals surface area contributed by atoms with E-state index in [-0.39, 0.29) is 0 Å². The van der Waals surface area contributed by atoms with Gasteiger partial charge in [-0.05, 0) is 76.2 Å². The van der Waals surface area contributed by atoms with Gasteiger partial charge in [-0.15, -0.1) is 11.3 Å². The van der Waals surface area contributed by atoms with E-state index < -0.39 is 0 Å². The van der Waals surface area contributed by atoms with Crippen molar-refractivity contribution >= 4 is 27.2 Å². The number of nitrogen functional groups attached to an aromatic ring is 1. The number of nitrogens with zero attached hydrogens (tertiary/aromatic N) is 5. The topological polar surface area (TPSA) is 89.6 Å². The molecule has 198 valence electrons. The highest BCUT2D eigenvalue weighted by Crippen LogP contribution is 2.37. The predicted octanol–water partition coefficient (Wildman–Crippen LogP) is 4.69. The minimum atomic E-state index is 0.313. The van der Waals surface area contributed by atoms with Crippen molar-refractivity contribution in [3.63, 3.8) is 0 Å². The Labute approximate surface area is 223 Å². The van der Waals surface area contributed by atoms with Gasteiger partial charge in [-0.25, -0.2) is 15.0 Å². The molecule has 37 heavy (non-hydrogen) atoms. The molecule has 0 amide bonds. The van der Waals surface area contributed by atoms with E-state index in [1.54, 1.807) is 18.4 Å². The second kappa shape index (κ2) is 11.2. The van der Waals surface area contributed by atoms with E-state index in [2.05, 4.69) is 20.2 Å². The maximum atomic E-state index is 6.23. The summed E-state index contributed by atoms with van der Waals surface area (Å²) in [7, 11) is 1.59. The number of piperidine rings is 2. The molecule has 0 radical (unpaired) electrons. The van der Waals surface area contributed by atoms with Crippen molar-refractivity contribution in [2.75, 3.05) is 52.2 Å². The van der Waals surface area contributed by atoms with Gasteiger partial charge in [-0.2, -0.15) is 0 Å². The van der Waals surface area contributed by atoms with Gasteiger partial charge in [0.2, 0.25) is 5.88 Å². The number of aromatic nitrogens is 3. The van der Waals surface area contributed by atoms with E-state index in [9.17, 15) is 0 Å². The van der Waals surface area contributed by atoms with Gasteiger partial charge in [0.25, 0.3) is 0 Å². The number of hydrogen-bond donors (Lipinski definition) is 1. The zero-order valence-corrected chi connectivity index (χ0v) is 22.6. The summed E-state index contributed by atoms with van der Waals surface area (Å²) in [5.41, 5.74) is 11.0. The fraction of sp³-hybridized carbons (Fsp3) is 0.607. The Hall–Kier alpha value is -2.33. The summed E-state index contributed by atoms with van der Waals surface area (Å²) >= 11 is 1.73. The summed E-state index contributed by atoms with van der Waals surface area (Å²) in [6.07, 6.45) is 10.4. The van der Waals surface area contributed by atoms with Crippen LogP contribution in [0.4, 0.5) is 5.69 Å². The van der Waals surface area contributed by atoms with E-state index in [0.29, 0.717) is 17.5 Å². The van der Waals surface area contributed by atoms with E-state index in [0.717, 1.165) is 79.0 Å². The molecule has 6 rings (SSSR count). The van der Waals surface area contributed by atoms with Crippen molar-refractivity contribution in [1.29, 1.82) is 0 Å². The molecule has 9 heteroatoms. The Morgan fingerprint density at radius 1 is 1.05 bits per heavy atom. The quantitative estimate of drug-likeness (QED) is 0.499. The summed E-state index contributed by atoms with van der Waals surface area (Å²) in [6.45, 7) is 7.37. The Morgan fingerprint density at radius 3 is 2.57 bits per heavy atom. The number of ether oxygens (including phenoxy) is 2. The number of fused-ring (bicyclic) bond motifs is 1. The zero-order chi connectivity index (χ0) is 25.2. The summed E-state index contributed by atoms with van der Waals surface area (Å²) in [5, 5.41) is 2.29. The second-order valence-corrected chi connectivity index (χ2v) is 11.6. The summed E-state index contributed by atoms with van der Waals surface area (Å²) in [4.78, 5) is 20.1.